The molecule has 0 spiro atoms. The second-order valence-electron chi connectivity index (χ2n) is 6.77. The Bertz CT molecular complexity index is 1100. The first-order valence-corrected chi connectivity index (χ1v) is 10.1. The van der Waals surface area contributed by atoms with Crippen LogP contribution in [0.4, 0.5) is 13.2 Å². The lowest BCUT2D eigenvalue weighted by Gasteiger charge is -2.08. The third kappa shape index (κ3) is 5.73. The first-order valence-electron chi connectivity index (χ1n) is 9.31. The van der Waals surface area contributed by atoms with Crippen molar-refractivity contribution in [2.45, 2.75) is 26.6 Å². The van der Waals surface area contributed by atoms with Gasteiger partial charge in [-0.1, -0.05) is 18.2 Å². The summed E-state index contributed by atoms with van der Waals surface area (Å²) < 4.78 is 48.7. The number of thiazole rings is 1. The first-order chi connectivity index (χ1) is 14.7. The monoisotopic (exact) mass is 447 g/mol. The number of benzene rings is 2. The summed E-state index contributed by atoms with van der Waals surface area (Å²) in [5.74, 6) is 0.237. The molecule has 0 unspecified atom stereocenters. The summed E-state index contributed by atoms with van der Waals surface area (Å²) in [5.41, 5.74) is 2.52. The van der Waals surface area contributed by atoms with Gasteiger partial charge in [0.05, 0.1) is 23.2 Å². The third-order valence-corrected chi connectivity index (χ3v) is 5.74. The summed E-state index contributed by atoms with van der Waals surface area (Å²) >= 11 is 1.39. The van der Waals surface area contributed by atoms with Crippen LogP contribution in [-0.2, 0) is 22.3 Å². The van der Waals surface area contributed by atoms with Crippen molar-refractivity contribution in [3.05, 3.63) is 75.8 Å². The summed E-state index contributed by atoms with van der Waals surface area (Å²) in [5, 5.41) is 0.643. The number of carbonyl (C=O) groups is 1. The molecule has 0 saturated heterocycles. The Morgan fingerprint density at radius 1 is 1.13 bits per heavy atom. The molecule has 0 aliphatic heterocycles. The van der Waals surface area contributed by atoms with Gasteiger partial charge in [0.25, 0.3) is 0 Å². The fourth-order valence-corrected chi connectivity index (χ4v) is 3.77. The van der Waals surface area contributed by atoms with Crippen LogP contribution in [0.5, 0.6) is 5.75 Å². The molecule has 0 atom stereocenters. The van der Waals surface area contributed by atoms with E-state index in [0.717, 1.165) is 33.8 Å². The smallest absolute Gasteiger partial charge is 0.416 e. The van der Waals surface area contributed by atoms with Crippen LogP contribution < -0.4 is 4.74 Å². The van der Waals surface area contributed by atoms with Crippen LogP contribution >= 0.6 is 11.3 Å². The predicted molar refractivity (Wildman–Crippen MR) is 114 cm³/mol. The highest BCUT2D eigenvalue weighted by atomic mass is 32.1. The number of hydrogen-bond donors (Lipinski definition) is 0. The number of esters is 1. The fraction of sp³-hybridized carbons (Fsp3) is 0.217. The number of hydrogen-bond acceptors (Lipinski definition) is 5. The van der Waals surface area contributed by atoms with E-state index < -0.39 is 17.7 Å². The zero-order valence-electron chi connectivity index (χ0n) is 17.1. The molecule has 0 saturated carbocycles. The van der Waals surface area contributed by atoms with E-state index in [0.29, 0.717) is 22.9 Å². The average molecular weight is 447 g/mol. The van der Waals surface area contributed by atoms with Gasteiger partial charge >= 0.3 is 12.1 Å². The van der Waals surface area contributed by atoms with Crippen molar-refractivity contribution in [3.8, 4) is 16.3 Å². The molecule has 0 aliphatic carbocycles. The van der Waals surface area contributed by atoms with E-state index in [1.807, 2.05) is 26.0 Å². The summed E-state index contributed by atoms with van der Waals surface area (Å²) in [7, 11) is 1.32. The molecule has 4 nitrogen and oxygen atoms in total. The lowest BCUT2D eigenvalue weighted by Crippen LogP contribution is -2.03. The number of carbonyl (C=O) groups excluding carboxylic acids is 1. The number of nitrogens with zero attached hydrogens (tertiary/aromatic N) is 1. The Morgan fingerprint density at radius 3 is 2.45 bits per heavy atom. The molecule has 2 aromatic carbocycles. The van der Waals surface area contributed by atoms with E-state index in [1.54, 1.807) is 12.1 Å². The van der Waals surface area contributed by atoms with Gasteiger partial charge in [0.2, 0.25) is 0 Å². The fourth-order valence-electron chi connectivity index (χ4n) is 2.79. The van der Waals surface area contributed by atoms with Crippen LogP contribution in [0.1, 0.15) is 27.3 Å². The van der Waals surface area contributed by atoms with Gasteiger partial charge in [0, 0.05) is 11.6 Å². The third-order valence-electron chi connectivity index (χ3n) is 4.56. The molecule has 31 heavy (non-hydrogen) atoms. The van der Waals surface area contributed by atoms with Crippen LogP contribution in [0.25, 0.3) is 16.6 Å². The first kappa shape index (κ1) is 22.6. The van der Waals surface area contributed by atoms with Gasteiger partial charge in [0.15, 0.2) is 0 Å². The Balaban J connectivity index is 1.69. The molecule has 0 bridgehead atoms. The highest BCUT2D eigenvalue weighted by Crippen LogP contribution is 2.33. The van der Waals surface area contributed by atoms with Gasteiger partial charge < -0.3 is 9.47 Å². The summed E-state index contributed by atoms with van der Waals surface area (Å²) in [6.07, 6.45) is -1.33. The number of halogens is 3. The molecule has 3 aromatic rings. The van der Waals surface area contributed by atoms with Crippen molar-refractivity contribution in [2.75, 3.05) is 7.11 Å². The second-order valence-corrected chi connectivity index (χ2v) is 7.85. The number of aryl methyl sites for hydroxylation is 2. The average Bonchev–Trinajstić information content (AvgIpc) is 3.11. The molecule has 0 radical (unpaired) electrons. The lowest BCUT2D eigenvalue weighted by atomic mass is 10.1. The van der Waals surface area contributed by atoms with Gasteiger partial charge in [-0.05, 0) is 55.3 Å². The SMILES string of the molecule is COC(=O)/C=C/c1ccc(OCc2sc(-c3ccc(C(F)(F)F)cc3)nc2C)cc1C. The van der Waals surface area contributed by atoms with Crippen molar-refractivity contribution in [3.63, 3.8) is 0 Å². The van der Waals surface area contributed by atoms with Gasteiger partial charge in [-0.25, -0.2) is 9.78 Å². The van der Waals surface area contributed by atoms with Crippen molar-refractivity contribution in [1.82, 2.24) is 4.98 Å². The van der Waals surface area contributed by atoms with Crippen LogP contribution in [0.2, 0.25) is 0 Å². The molecule has 0 fully saturated rings. The minimum absolute atomic E-state index is 0.293. The zero-order chi connectivity index (χ0) is 22.6. The Kier molecular flexibility index (Phi) is 6.80. The second kappa shape index (κ2) is 9.34. The van der Waals surface area contributed by atoms with Gasteiger partial charge in [0.1, 0.15) is 17.4 Å². The maximum absolute atomic E-state index is 12.7. The number of methoxy groups -OCH3 is 1. The molecule has 0 amide bonds. The molecular weight excluding hydrogens is 427 g/mol. The Labute approximate surface area is 182 Å². The molecule has 1 aromatic heterocycles. The largest absolute Gasteiger partial charge is 0.488 e. The molecular formula is C23H20F3NO3S. The quantitative estimate of drug-likeness (QED) is 0.333. The summed E-state index contributed by atoms with van der Waals surface area (Å²) in [6.45, 7) is 4.04. The number of alkyl halides is 3. The van der Waals surface area contributed by atoms with E-state index in [-0.39, 0.29) is 0 Å². The summed E-state index contributed by atoms with van der Waals surface area (Å²) in [6, 6.07) is 10.5. The minimum Gasteiger partial charge on any atom is -0.488 e. The Morgan fingerprint density at radius 2 is 1.84 bits per heavy atom. The van der Waals surface area contributed by atoms with Crippen LogP contribution in [-0.4, -0.2) is 18.1 Å². The highest BCUT2D eigenvalue weighted by molar-refractivity contribution is 7.15. The summed E-state index contributed by atoms with van der Waals surface area (Å²) in [4.78, 5) is 16.6. The van der Waals surface area contributed by atoms with Gasteiger partial charge in [-0.15, -0.1) is 11.3 Å². The lowest BCUT2D eigenvalue weighted by molar-refractivity contribution is -0.137. The van der Waals surface area contributed by atoms with Crippen LogP contribution in [0.15, 0.2) is 48.5 Å². The standard InChI is InChI=1S/C23H20F3NO3S/c1-14-12-19(10-6-16(14)7-11-21(28)29-3)30-13-20-15(2)27-22(31-20)17-4-8-18(9-5-17)23(24,25)26/h4-12H,13H2,1-3H3/b11-7+. The topological polar surface area (TPSA) is 48.4 Å². The van der Waals surface area contributed by atoms with E-state index in [2.05, 4.69) is 9.72 Å². The van der Waals surface area contributed by atoms with E-state index in [4.69, 9.17) is 4.74 Å². The number of rotatable bonds is 6. The van der Waals surface area contributed by atoms with Crippen LogP contribution in [0, 0.1) is 13.8 Å². The molecule has 162 valence electrons. The van der Waals surface area contributed by atoms with Crippen LogP contribution in [0.3, 0.4) is 0 Å². The Hall–Kier alpha value is -3.13. The number of aromatic nitrogens is 1. The molecule has 8 heteroatoms. The van der Waals surface area contributed by atoms with Gasteiger partial charge in [-0.2, -0.15) is 13.2 Å². The van der Waals surface area contributed by atoms with Crippen molar-refractivity contribution in [1.29, 1.82) is 0 Å². The van der Waals surface area contributed by atoms with E-state index in [1.165, 1.54) is 36.7 Å². The molecule has 1 heterocycles. The van der Waals surface area contributed by atoms with Crippen molar-refractivity contribution < 1.29 is 27.4 Å². The maximum atomic E-state index is 12.7. The van der Waals surface area contributed by atoms with E-state index in [9.17, 15) is 18.0 Å². The minimum atomic E-state index is -4.36. The zero-order valence-corrected chi connectivity index (χ0v) is 17.9. The van der Waals surface area contributed by atoms with Crippen molar-refractivity contribution >= 4 is 23.4 Å². The number of ether oxygens (including phenoxy) is 2. The molecule has 0 N–H and O–H groups in total. The predicted octanol–water partition coefficient (Wildman–Crippen LogP) is 6.21. The van der Waals surface area contributed by atoms with Gasteiger partial charge in [-0.3, -0.25) is 0 Å². The molecule has 0 aliphatic rings. The maximum Gasteiger partial charge on any atom is 0.416 e. The molecule has 3 rings (SSSR count). The normalized spacial score (nSPS) is 11.7. The van der Waals surface area contributed by atoms with Crippen molar-refractivity contribution in [2.24, 2.45) is 0 Å². The van der Waals surface area contributed by atoms with E-state index >= 15 is 0 Å². The highest BCUT2D eigenvalue weighted by Gasteiger charge is 2.30.